The van der Waals surface area contributed by atoms with E-state index in [2.05, 4.69) is 18.1 Å². The van der Waals surface area contributed by atoms with Gasteiger partial charge in [0, 0.05) is 37.1 Å². The molecule has 2 N–H and O–H groups in total. The molecule has 4 nitrogen and oxygen atoms in total. The fourth-order valence-corrected chi connectivity index (χ4v) is 2.88. The highest BCUT2D eigenvalue weighted by Gasteiger charge is 2.16. The highest BCUT2D eigenvalue weighted by molar-refractivity contribution is 5.67. The number of benzene rings is 1. The molecule has 0 radical (unpaired) electrons. The Kier molecular flexibility index (Phi) is 4.95. The zero-order chi connectivity index (χ0) is 17.8. The summed E-state index contributed by atoms with van der Waals surface area (Å²) in [5.74, 6) is -0.266. The van der Waals surface area contributed by atoms with E-state index in [0.717, 1.165) is 35.7 Å². The van der Waals surface area contributed by atoms with E-state index in [1.54, 1.807) is 12.1 Å². The van der Waals surface area contributed by atoms with Gasteiger partial charge in [-0.1, -0.05) is 12.2 Å². The third-order valence-electron chi connectivity index (χ3n) is 4.01. The SMILES string of the molecule is C=CCN(CC=C)Cc1c(-c2ccc(F)cc2)nc2ccc(N)cn12. The number of nitrogen functional groups attached to an aromatic ring is 1. The van der Waals surface area contributed by atoms with E-state index >= 15 is 0 Å². The molecular weight excluding hydrogens is 315 g/mol. The normalized spacial score (nSPS) is 11.1. The quantitative estimate of drug-likeness (QED) is 0.666. The maximum atomic E-state index is 13.3. The molecule has 5 heteroatoms. The Morgan fingerprint density at radius 2 is 1.76 bits per heavy atom. The maximum Gasteiger partial charge on any atom is 0.137 e. The van der Waals surface area contributed by atoms with Crippen molar-refractivity contribution in [2.24, 2.45) is 0 Å². The van der Waals surface area contributed by atoms with Crippen LogP contribution in [0.5, 0.6) is 0 Å². The average Bonchev–Trinajstić information content (AvgIpc) is 2.94. The maximum absolute atomic E-state index is 13.3. The van der Waals surface area contributed by atoms with Crippen LogP contribution in [-0.2, 0) is 6.54 Å². The van der Waals surface area contributed by atoms with Crippen molar-refractivity contribution in [3.8, 4) is 11.3 Å². The van der Waals surface area contributed by atoms with Gasteiger partial charge in [-0.25, -0.2) is 9.37 Å². The third kappa shape index (κ3) is 3.61. The number of hydrogen-bond acceptors (Lipinski definition) is 3. The van der Waals surface area contributed by atoms with Gasteiger partial charge in [-0.3, -0.25) is 4.90 Å². The molecule has 0 saturated heterocycles. The molecule has 0 amide bonds. The van der Waals surface area contributed by atoms with Crippen molar-refractivity contribution in [2.75, 3.05) is 18.8 Å². The fourth-order valence-electron chi connectivity index (χ4n) is 2.88. The second-order valence-corrected chi connectivity index (χ2v) is 5.88. The van der Waals surface area contributed by atoms with Crippen molar-refractivity contribution in [1.29, 1.82) is 0 Å². The lowest BCUT2D eigenvalue weighted by Crippen LogP contribution is -2.24. The third-order valence-corrected chi connectivity index (χ3v) is 4.01. The molecule has 128 valence electrons. The summed E-state index contributed by atoms with van der Waals surface area (Å²) in [6.07, 6.45) is 5.59. The van der Waals surface area contributed by atoms with E-state index < -0.39 is 0 Å². The highest BCUT2D eigenvalue weighted by atomic mass is 19.1. The summed E-state index contributed by atoms with van der Waals surface area (Å²) in [5.41, 5.74) is 10.1. The molecule has 0 fully saturated rings. The number of anilines is 1. The smallest absolute Gasteiger partial charge is 0.137 e. The van der Waals surface area contributed by atoms with Crippen molar-refractivity contribution in [1.82, 2.24) is 14.3 Å². The van der Waals surface area contributed by atoms with Crippen LogP contribution >= 0.6 is 0 Å². The van der Waals surface area contributed by atoms with Gasteiger partial charge < -0.3 is 10.1 Å². The van der Waals surface area contributed by atoms with Crippen LogP contribution in [0.15, 0.2) is 67.9 Å². The van der Waals surface area contributed by atoms with Crippen LogP contribution in [0.25, 0.3) is 16.9 Å². The minimum Gasteiger partial charge on any atom is -0.398 e. The average molecular weight is 336 g/mol. The number of halogens is 1. The van der Waals surface area contributed by atoms with Crippen molar-refractivity contribution in [2.45, 2.75) is 6.54 Å². The van der Waals surface area contributed by atoms with Crippen LogP contribution in [0.4, 0.5) is 10.1 Å². The van der Waals surface area contributed by atoms with E-state index in [1.807, 2.05) is 34.9 Å². The minimum atomic E-state index is -0.266. The Labute approximate surface area is 146 Å². The number of rotatable bonds is 7. The van der Waals surface area contributed by atoms with Gasteiger partial charge in [0.15, 0.2) is 0 Å². The molecule has 1 aromatic carbocycles. The first-order chi connectivity index (χ1) is 12.1. The van der Waals surface area contributed by atoms with E-state index in [4.69, 9.17) is 10.7 Å². The standard InChI is InChI=1S/C20H21FN4/c1-3-11-24(12-4-2)14-18-20(15-5-7-16(21)8-6-15)23-19-10-9-17(22)13-25(18)19/h3-10,13H,1-2,11-12,14,22H2. The zero-order valence-corrected chi connectivity index (χ0v) is 14.0. The summed E-state index contributed by atoms with van der Waals surface area (Å²) in [7, 11) is 0. The van der Waals surface area contributed by atoms with Crippen molar-refractivity contribution < 1.29 is 4.39 Å². The monoisotopic (exact) mass is 336 g/mol. The van der Waals surface area contributed by atoms with Crippen LogP contribution in [0.1, 0.15) is 5.69 Å². The zero-order valence-electron chi connectivity index (χ0n) is 14.0. The first-order valence-electron chi connectivity index (χ1n) is 8.09. The molecule has 0 bridgehead atoms. The van der Waals surface area contributed by atoms with Gasteiger partial charge >= 0.3 is 0 Å². The Morgan fingerprint density at radius 1 is 1.08 bits per heavy atom. The molecule has 0 unspecified atom stereocenters. The Morgan fingerprint density at radius 3 is 2.40 bits per heavy atom. The van der Waals surface area contributed by atoms with Crippen LogP contribution in [0, 0.1) is 5.82 Å². The van der Waals surface area contributed by atoms with E-state index in [-0.39, 0.29) is 5.82 Å². The number of imidazole rings is 1. The van der Waals surface area contributed by atoms with Crippen molar-refractivity contribution in [3.63, 3.8) is 0 Å². The lowest BCUT2D eigenvalue weighted by molar-refractivity contribution is 0.323. The number of nitrogens with two attached hydrogens (primary N) is 1. The fraction of sp³-hybridized carbons (Fsp3) is 0.150. The number of nitrogens with zero attached hydrogens (tertiary/aromatic N) is 3. The van der Waals surface area contributed by atoms with E-state index in [9.17, 15) is 4.39 Å². The van der Waals surface area contributed by atoms with Gasteiger partial charge in [-0.15, -0.1) is 13.2 Å². The molecule has 0 saturated carbocycles. The summed E-state index contributed by atoms with van der Waals surface area (Å²) < 4.78 is 15.3. The summed E-state index contributed by atoms with van der Waals surface area (Å²) >= 11 is 0. The second kappa shape index (κ2) is 7.32. The van der Waals surface area contributed by atoms with Gasteiger partial charge in [0.05, 0.1) is 11.4 Å². The Bertz CT molecular complexity index is 886. The topological polar surface area (TPSA) is 46.6 Å². The minimum absolute atomic E-state index is 0.266. The van der Waals surface area contributed by atoms with Crippen molar-refractivity contribution in [3.05, 3.63) is 79.4 Å². The number of fused-ring (bicyclic) bond motifs is 1. The molecular formula is C20H21FN4. The summed E-state index contributed by atoms with van der Waals surface area (Å²) in [6.45, 7) is 9.74. The van der Waals surface area contributed by atoms with E-state index in [1.165, 1.54) is 12.1 Å². The van der Waals surface area contributed by atoms with Gasteiger partial charge in [-0.05, 0) is 36.4 Å². The molecule has 0 aliphatic carbocycles. The molecule has 3 aromatic rings. The molecule has 0 aliphatic heterocycles. The number of hydrogen-bond donors (Lipinski definition) is 1. The summed E-state index contributed by atoms with van der Waals surface area (Å²) in [4.78, 5) is 6.93. The van der Waals surface area contributed by atoms with Crippen molar-refractivity contribution >= 4 is 11.3 Å². The first-order valence-corrected chi connectivity index (χ1v) is 8.09. The highest BCUT2D eigenvalue weighted by Crippen LogP contribution is 2.26. The van der Waals surface area contributed by atoms with Gasteiger partial charge in [0.2, 0.25) is 0 Å². The van der Waals surface area contributed by atoms with Crippen LogP contribution < -0.4 is 5.73 Å². The lowest BCUT2D eigenvalue weighted by Gasteiger charge is -2.19. The van der Waals surface area contributed by atoms with E-state index in [0.29, 0.717) is 12.2 Å². The van der Waals surface area contributed by atoms with Gasteiger partial charge in [-0.2, -0.15) is 0 Å². The van der Waals surface area contributed by atoms with Crippen LogP contribution in [0.2, 0.25) is 0 Å². The molecule has 25 heavy (non-hydrogen) atoms. The summed E-state index contributed by atoms with van der Waals surface area (Å²) in [6, 6.07) is 10.1. The Balaban J connectivity index is 2.13. The Hall–Kier alpha value is -2.92. The predicted octanol–water partition coefficient (Wildman–Crippen LogP) is 3.90. The molecule has 0 spiro atoms. The van der Waals surface area contributed by atoms with Gasteiger partial charge in [0.25, 0.3) is 0 Å². The molecule has 2 aromatic heterocycles. The first kappa shape index (κ1) is 16.9. The molecule has 0 atom stereocenters. The van der Waals surface area contributed by atoms with Crippen LogP contribution in [0.3, 0.4) is 0 Å². The lowest BCUT2D eigenvalue weighted by atomic mass is 10.1. The van der Waals surface area contributed by atoms with Gasteiger partial charge in [0.1, 0.15) is 11.5 Å². The molecule has 0 aliphatic rings. The predicted molar refractivity (Wildman–Crippen MR) is 101 cm³/mol. The second-order valence-electron chi connectivity index (χ2n) is 5.88. The van der Waals surface area contributed by atoms with Crippen LogP contribution in [-0.4, -0.2) is 27.4 Å². The number of aromatic nitrogens is 2. The molecule has 3 rings (SSSR count). The summed E-state index contributed by atoms with van der Waals surface area (Å²) in [5, 5.41) is 0. The number of pyridine rings is 1. The molecule has 2 heterocycles. The largest absolute Gasteiger partial charge is 0.398 e.